The van der Waals surface area contributed by atoms with E-state index in [9.17, 15) is 0 Å². The van der Waals surface area contributed by atoms with Gasteiger partial charge in [0.1, 0.15) is 0 Å². The van der Waals surface area contributed by atoms with Gasteiger partial charge in [0.05, 0.1) is 0 Å². The van der Waals surface area contributed by atoms with Crippen molar-refractivity contribution < 1.29 is 0 Å². The Labute approximate surface area is 108 Å². The second-order valence-electron chi connectivity index (χ2n) is 4.71. The van der Waals surface area contributed by atoms with E-state index in [0.29, 0.717) is 6.04 Å². The summed E-state index contributed by atoms with van der Waals surface area (Å²) in [5.41, 5.74) is 5.39. The Hall–Kier alpha value is -1.12. The van der Waals surface area contributed by atoms with Gasteiger partial charge in [-0.1, -0.05) is 37.6 Å². The Morgan fingerprint density at radius 3 is 2.71 bits per heavy atom. The predicted molar refractivity (Wildman–Crippen MR) is 76.5 cm³/mol. The Bertz CT molecular complexity index is 472. The van der Waals surface area contributed by atoms with Gasteiger partial charge in [-0.15, -0.1) is 0 Å². The van der Waals surface area contributed by atoms with Crippen molar-refractivity contribution in [2.24, 2.45) is 0 Å². The first-order valence-corrected chi connectivity index (χ1v) is 6.96. The van der Waals surface area contributed by atoms with Gasteiger partial charge in [0.25, 0.3) is 0 Å². The highest BCUT2D eigenvalue weighted by molar-refractivity contribution is 7.08. The molecule has 1 aromatic heterocycles. The molecule has 17 heavy (non-hydrogen) atoms. The van der Waals surface area contributed by atoms with E-state index in [4.69, 9.17) is 0 Å². The van der Waals surface area contributed by atoms with Crippen molar-refractivity contribution >= 4 is 11.3 Å². The zero-order chi connectivity index (χ0) is 12.3. The van der Waals surface area contributed by atoms with Crippen molar-refractivity contribution in [1.82, 2.24) is 5.32 Å². The zero-order valence-electron chi connectivity index (χ0n) is 10.7. The van der Waals surface area contributed by atoms with Crippen LogP contribution < -0.4 is 5.32 Å². The van der Waals surface area contributed by atoms with Crippen molar-refractivity contribution in [1.29, 1.82) is 0 Å². The fraction of sp³-hybridized carbons (Fsp3) is 0.333. The molecule has 0 fully saturated rings. The van der Waals surface area contributed by atoms with Crippen molar-refractivity contribution in [3.8, 4) is 11.1 Å². The first-order valence-electron chi connectivity index (χ1n) is 6.02. The molecule has 1 aromatic carbocycles. The predicted octanol–water partition coefficient (Wildman–Crippen LogP) is 4.22. The minimum atomic E-state index is 0.520. The van der Waals surface area contributed by atoms with Crippen LogP contribution in [0.5, 0.6) is 0 Å². The van der Waals surface area contributed by atoms with Crippen molar-refractivity contribution in [2.75, 3.05) is 0 Å². The SMILES string of the molecule is Cc1ccc(CNC(C)C)c(-c2ccsc2)c1. The minimum absolute atomic E-state index is 0.520. The van der Waals surface area contributed by atoms with Crippen LogP contribution >= 0.6 is 11.3 Å². The number of aryl methyl sites for hydroxylation is 1. The molecule has 0 amide bonds. The van der Waals surface area contributed by atoms with Gasteiger partial charge in [0, 0.05) is 12.6 Å². The van der Waals surface area contributed by atoms with Crippen molar-refractivity contribution in [3.05, 3.63) is 46.2 Å². The molecule has 0 saturated carbocycles. The maximum atomic E-state index is 3.49. The average Bonchev–Trinajstić information content (AvgIpc) is 2.80. The lowest BCUT2D eigenvalue weighted by atomic mass is 9.99. The van der Waals surface area contributed by atoms with Crippen LogP contribution in [-0.2, 0) is 6.54 Å². The van der Waals surface area contributed by atoms with Gasteiger partial charge >= 0.3 is 0 Å². The van der Waals surface area contributed by atoms with E-state index >= 15 is 0 Å². The number of nitrogens with one attached hydrogen (secondary N) is 1. The van der Waals surface area contributed by atoms with E-state index < -0.39 is 0 Å². The minimum Gasteiger partial charge on any atom is -0.310 e. The van der Waals surface area contributed by atoms with Crippen LogP contribution in [0.4, 0.5) is 0 Å². The van der Waals surface area contributed by atoms with Crippen LogP contribution in [-0.4, -0.2) is 6.04 Å². The fourth-order valence-corrected chi connectivity index (χ4v) is 2.50. The quantitative estimate of drug-likeness (QED) is 0.850. The molecule has 0 bridgehead atoms. The summed E-state index contributed by atoms with van der Waals surface area (Å²) in [6.07, 6.45) is 0. The lowest BCUT2D eigenvalue weighted by molar-refractivity contribution is 0.589. The van der Waals surface area contributed by atoms with Gasteiger partial charge in [-0.05, 0) is 40.4 Å². The molecule has 0 aliphatic carbocycles. The van der Waals surface area contributed by atoms with Crippen LogP contribution in [0.15, 0.2) is 35.0 Å². The molecule has 0 spiro atoms. The summed E-state index contributed by atoms with van der Waals surface area (Å²) in [7, 11) is 0. The summed E-state index contributed by atoms with van der Waals surface area (Å²) in [6.45, 7) is 7.44. The molecule has 1 heterocycles. The van der Waals surface area contributed by atoms with E-state index in [2.05, 4.69) is 61.1 Å². The number of thiophene rings is 1. The van der Waals surface area contributed by atoms with Gasteiger partial charge in [-0.2, -0.15) is 11.3 Å². The summed E-state index contributed by atoms with van der Waals surface area (Å²) in [4.78, 5) is 0. The number of benzene rings is 1. The third kappa shape index (κ3) is 3.18. The smallest absolute Gasteiger partial charge is 0.0214 e. The van der Waals surface area contributed by atoms with Crippen LogP contribution in [0, 0.1) is 6.92 Å². The normalized spacial score (nSPS) is 11.1. The summed E-state index contributed by atoms with van der Waals surface area (Å²) in [5, 5.41) is 7.84. The third-order valence-electron chi connectivity index (χ3n) is 2.80. The zero-order valence-corrected chi connectivity index (χ0v) is 11.5. The Morgan fingerprint density at radius 1 is 1.24 bits per heavy atom. The largest absolute Gasteiger partial charge is 0.310 e. The monoisotopic (exact) mass is 245 g/mol. The van der Waals surface area contributed by atoms with E-state index in [0.717, 1.165) is 6.54 Å². The third-order valence-corrected chi connectivity index (χ3v) is 3.48. The van der Waals surface area contributed by atoms with Gasteiger partial charge in [-0.3, -0.25) is 0 Å². The number of hydrogen-bond acceptors (Lipinski definition) is 2. The van der Waals surface area contributed by atoms with E-state index in [-0.39, 0.29) is 0 Å². The first-order chi connectivity index (χ1) is 8.16. The molecule has 0 unspecified atom stereocenters. The topological polar surface area (TPSA) is 12.0 Å². The van der Waals surface area contributed by atoms with Crippen molar-refractivity contribution in [3.63, 3.8) is 0 Å². The lowest BCUT2D eigenvalue weighted by Gasteiger charge is -2.12. The summed E-state index contributed by atoms with van der Waals surface area (Å²) < 4.78 is 0. The lowest BCUT2D eigenvalue weighted by Crippen LogP contribution is -2.22. The highest BCUT2D eigenvalue weighted by Crippen LogP contribution is 2.27. The molecule has 0 aliphatic heterocycles. The molecule has 0 aliphatic rings. The summed E-state index contributed by atoms with van der Waals surface area (Å²) in [5.74, 6) is 0. The molecule has 90 valence electrons. The van der Waals surface area contributed by atoms with Gasteiger partial charge in [0.2, 0.25) is 0 Å². The van der Waals surface area contributed by atoms with Gasteiger partial charge in [-0.25, -0.2) is 0 Å². The number of hydrogen-bond donors (Lipinski definition) is 1. The second kappa shape index (κ2) is 5.48. The highest BCUT2D eigenvalue weighted by Gasteiger charge is 2.06. The molecule has 1 N–H and O–H groups in total. The Kier molecular flexibility index (Phi) is 3.97. The van der Waals surface area contributed by atoms with Gasteiger partial charge < -0.3 is 5.32 Å². The summed E-state index contributed by atoms with van der Waals surface area (Å²) in [6, 6.07) is 9.41. The fourth-order valence-electron chi connectivity index (χ4n) is 1.84. The van der Waals surface area contributed by atoms with Crippen LogP contribution in [0.1, 0.15) is 25.0 Å². The van der Waals surface area contributed by atoms with E-state index in [1.165, 1.54) is 22.3 Å². The first kappa shape index (κ1) is 12.3. The van der Waals surface area contributed by atoms with Crippen LogP contribution in [0.25, 0.3) is 11.1 Å². The van der Waals surface area contributed by atoms with Crippen LogP contribution in [0.3, 0.4) is 0 Å². The Balaban J connectivity index is 2.31. The molecule has 0 saturated heterocycles. The molecule has 0 atom stereocenters. The summed E-state index contributed by atoms with van der Waals surface area (Å²) >= 11 is 1.75. The highest BCUT2D eigenvalue weighted by atomic mass is 32.1. The van der Waals surface area contributed by atoms with Crippen molar-refractivity contribution in [2.45, 2.75) is 33.4 Å². The van der Waals surface area contributed by atoms with Crippen LogP contribution in [0.2, 0.25) is 0 Å². The molecule has 2 rings (SSSR count). The number of rotatable bonds is 4. The molecular formula is C15H19NS. The molecule has 2 aromatic rings. The van der Waals surface area contributed by atoms with Gasteiger partial charge in [0.15, 0.2) is 0 Å². The maximum absolute atomic E-state index is 3.49. The maximum Gasteiger partial charge on any atom is 0.0214 e. The molecule has 1 nitrogen and oxygen atoms in total. The molecule has 2 heteroatoms. The molecule has 0 radical (unpaired) electrons. The Morgan fingerprint density at radius 2 is 2.06 bits per heavy atom. The van der Waals surface area contributed by atoms with E-state index in [1.54, 1.807) is 11.3 Å². The molecular weight excluding hydrogens is 226 g/mol. The average molecular weight is 245 g/mol. The van der Waals surface area contributed by atoms with E-state index in [1.807, 2.05) is 0 Å². The second-order valence-corrected chi connectivity index (χ2v) is 5.49. The standard InChI is InChI=1S/C15H19NS/c1-11(2)16-9-13-5-4-12(3)8-15(13)14-6-7-17-10-14/h4-8,10-11,16H,9H2,1-3H3.